The molecule has 106 valence electrons. The van der Waals surface area contributed by atoms with E-state index >= 15 is 0 Å². The van der Waals surface area contributed by atoms with Gasteiger partial charge in [0.25, 0.3) is 0 Å². The van der Waals surface area contributed by atoms with Gasteiger partial charge in [0, 0.05) is 28.8 Å². The van der Waals surface area contributed by atoms with Gasteiger partial charge in [0.2, 0.25) is 0 Å². The largest absolute Gasteiger partial charge is 0.388 e. The Hall–Kier alpha value is -2.01. The maximum atomic E-state index is 11.8. The quantitative estimate of drug-likeness (QED) is 0.693. The van der Waals surface area contributed by atoms with Crippen LogP contribution in [-0.4, -0.2) is 28.3 Å². The zero-order valence-corrected chi connectivity index (χ0v) is 11.5. The fourth-order valence-corrected chi connectivity index (χ4v) is 2.54. The normalized spacial score (nSPS) is 16.7. The van der Waals surface area contributed by atoms with Crippen molar-refractivity contribution in [3.8, 4) is 0 Å². The third-order valence-corrected chi connectivity index (χ3v) is 3.88. The minimum absolute atomic E-state index is 0.281. The Morgan fingerprint density at radius 1 is 1.40 bits per heavy atom. The number of urea groups is 1. The fourth-order valence-electron chi connectivity index (χ4n) is 2.54. The van der Waals surface area contributed by atoms with E-state index in [0.717, 1.165) is 41.5 Å². The number of anilines is 1. The predicted octanol–water partition coefficient (Wildman–Crippen LogP) is 2.51. The molecule has 0 radical (unpaired) electrons. The van der Waals surface area contributed by atoms with Crippen molar-refractivity contribution in [2.45, 2.75) is 31.8 Å². The van der Waals surface area contributed by atoms with Crippen molar-refractivity contribution in [2.24, 2.45) is 0 Å². The minimum atomic E-state index is -0.695. The highest BCUT2D eigenvalue weighted by atomic mass is 16.3. The Bertz CT molecular complexity index is 644. The average molecular weight is 273 g/mol. The second-order valence-electron chi connectivity index (χ2n) is 5.64. The van der Waals surface area contributed by atoms with Crippen LogP contribution in [0.25, 0.3) is 10.9 Å². The first-order valence-electron chi connectivity index (χ1n) is 6.91. The monoisotopic (exact) mass is 273 g/mol. The van der Waals surface area contributed by atoms with Crippen molar-refractivity contribution in [1.29, 1.82) is 0 Å². The summed E-state index contributed by atoms with van der Waals surface area (Å²) in [4.78, 5) is 15.0. The van der Waals surface area contributed by atoms with Crippen molar-refractivity contribution < 1.29 is 9.90 Å². The van der Waals surface area contributed by atoms with Crippen LogP contribution in [0.15, 0.2) is 24.3 Å². The molecular formula is C15H19N3O2. The van der Waals surface area contributed by atoms with Crippen molar-refractivity contribution in [2.75, 3.05) is 11.9 Å². The van der Waals surface area contributed by atoms with E-state index in [0.29, 0.717) is 6.54 Å². The summed E-state index contributed by atoms with van der Waals surface area (Å²) in [6.07, 6.45) is 2.56. The topological polar surface area (TPSA) is 77.2 Å². The van der Waals surface area contributed by atoms with Crippen molar-refractivity contribution in [3.05, 3.63) is 30.0 Å². The third kappa shape index (κ3) is 2.63. The molecule has 1 aliphatic rings. The lowest BCUT2D eigenvalue weighted by Crippen LogP contribution is -2.48. The van der Waals surface area contributed by atoms with Crippen LogP contribution in [0.1, 0.15) is 25.0 Å². The van der Waals surface area contributed by atoms with E-state index in [-0.39, 0.29) is 6.03 Å². The van der Waals surface area contributed by atoms with Gasteiger partial charge in [-0.1, -0.05) is 0 Å². The molecule has 20 heavy (non-hydrogen) atoms. The standard InChI is InChI=1S/C15H19N3O2/c1-10-7-11-8-12(3-4-13(11)17-10)18-14(19)16-9-15(20)5-2-6-15/h3-4,7-8,17,20H,2,5-6,9H2,1H3,(H2,16,18,19). The molecule has 0 unspecified atom stereocenters. The molecule has 1 saturated carbocycles. The van der Waals surface area contributed by atoms with E-state index in [1.54, 1.807) is 0 Å². The minimum Gasteiger partial charge on any atom is -0.388 e. The summed E-state index contributed by atoms with van der Waals surface area (Å²) in [5.74, 6) is 0. The summed E-state index contributed by atoms with van der Waals surface area (Å²) in [6.45, 7) is 2.31. The third-order valence-electron chi connectivity index (χ3n) is 3.88. The van der Waals surface area contributed by atoms with Gasteiger partial charge in [0.1, 0.15) is 0 Å². The number of aliphatic hydroxyl groups is 1. The Balaban J connectivity index is 1.61. The summed E-state index contributed by atoms with van der Waals surface area (Å²) in [7, 11) is 0. The van der Waals surface area contributed by atoms with Crippen molar-refractivity contribution >= 4 is 22.6 Å². The highest BCUT2D eigenvalue weighted by Gasteiger charge is 2.34. The Morgan fingerprint density at radius 3 is 2.90 bits per heavy atom. The number of nitrogens with one attached hydrogen (secondary N) is 3. The molecule has 2 amide bonds. The lowest BCUT2D eigenvalue weighted by Gasteiger charge is -2.36. The van der Waals surface area contributed by atoms with Gasteiger partial charge in [-0.25, -0.2) is 4.79 Å². The van der Waals surface area contributed by atoms with E-state index in [1.165, 1.54) is 0 Å². The van der Waals surface area contributed by atoms with Gasteiger partial charge in [-0.3, -0.25) is 0 Å². The van der Waals surface area contributed by atoms with Crippen LogP contribution in [0.5, 0.6) is 0 Å². The lowest BCUT2D eigenvalue weighted by molar-refractivity contribution is -0.0287. The zero-order chi connectivity index (χ0) is 14.2. The summed E-state index contributed by atoms with van der Waals surface area (Å²) in [5, 5.41) is 16.5. The number of aryl methyl sites for hydroxylation is 1. The highest BCUT2D eigenvalue weighted by Crippen LogP contribution is 2.30. The molecule has 2 aromatic rings. The van der Waals surface area contributed by atoms with Crippen molar-refractivity contribution in [3.63, 3.8) is 0 Å². The molecule has 1 aliphatic carbocycles. The van der Waals surface area contributed by atoms with Gasteiger partial charge in [-0.15, -0.1) is 0 Å². The first kappa shape index (κ1) is 13.0. The van der Waals surface area contributed by atoms with Crippen LogP contribution in [0.3, 0.4) is 0 Å². The van der Waals surface area contributed by atoms with Gasteiger partial charge in [-0.2, -0.15) is 0 Å². The number of hydrogen-bond acceptors (Lipinski definition) is 2. The highest BCUT2D eigenvalue weighted by molar-refractivity contribution is 5.93. The number of rotatable bonds is 3. The number of carbonyl (C=O) groups is 1. The Labute approximate surface area is 117 Å². The van der Waals surface area contributed by atoms with Crippen LogP contribution in [0.4, 0.5) is 10.5 Å². The number of hydrogen-bond donors (Lipinski definition) is 4. The number of carbonyl (C=O) groups excluding carboxylic acids is 1. The molecule has 0 aliphatic heterocycles. The van der Waals surface area contributed by atoms with Crippen LogP contribution in [-0.2, 0) is 0 Å². The van der Waals surface area contributed by atoms with Crippen LogP contribution in [0, 0.1) is 6.92 Å². The number of aromatic amines is 1. The number of fused-ring (bicyclic) bond motifs is 1. The van der Waals surface area contributed by atoms with Gasteiger partial charge in [-0.05, 0) is 50.5 Å². The van der Waals surface area contributed by atoms with E-state index < -0.39 is 5.60 Å². The molecule has 5 heteroatoms. The SMILES string of the molecule is Cc1cc2cc(NC(=O)NCC3(O)CCC3)ccc2[nH]1. The maximum Gasteiger partial charge on any atom is 0.319 e. The van der Waals surface area contributed by atoms with Crippen LogP contribution < -0.4 is 10.6 Å². The number of aromatic nitrogens is 1. The molecule has 0 atom stereocenters. The molecule has 5 nitrogen and oxygen atoms in total. The van der Waals surface area contributed by atoms with Crippen LogP contribution in [0.2, 0.25) is 0 Å². The first-order valence-corrected chi connectivity index (χ1v) is 6.91. The first-order chi connectivity index (χ1) is 9.54. The van der Waals surface area contributed by atoms with Gasteiger partial charge in [0.15, 0.2) is 0 Å². The molecule has 1 aromatic carbocycles. The zero-order valence-electron chi connectivity index (χ0n) is 11.5. The van der Waals surface area contributed by atoms with Gasteiger partial charge < -0.3 is 20.7 Å². The van der Waals surface area contributed by atoms with Crippen molar-refractivity contribution in [1.82, 2.24) is 10.3 Å². The molecule has 1 fully saturated rings. The summed E-state index contributed by atoms with van der Waals surface area (Å²) in [6, 6.07) is 7.48. The maximum absolute atomic E-state index is 11.8. The Morgan fingerprint density at radius 2 is 2.20 bits per heavy atom. The predicted molar refractivity (Wildman–Crippen MR) is 78.9 cm³/mol. The molecule has 1 heterocycles. The summed E-state index contributed by atoms with van der Waals surface area (Å²) < 4.78 is 0. The fraction of sp³-hybridized carbons (Fsp3) is 0.400. The number of amides is 2. The van der Waals surface area contributed by atoms with Gasteiger partial charge >= 0.3 is 6.03 Å². The van der Waals surface area contributed by atoms with Crippen LogP contribution >= 0.6 is 0 Å². The second-order valence-corrected chi connectivity index (χ2v) is 5.64. The van der Waals surface area contributed by atoms with E-state index in [9.17, 15) is 9.90 Å². The average Bonchev–Trinajstić information content (AvgIpc) is 2.73. The lowest BCUT2D eigenvalue weighted by atomic mass is 9.80. The molecule has 1 aromatic heterocycles. The number of benzene rings is 1. The van der Waals surface area contributed by atoms with E-state index in [1.807, 2.05) is 31.2 Å². The number of H-pyrrole nitrogens is 1. The smallest absolute Gasteiger partial charge is 0.319 e. The Kier molecular flexibility index (Phi) is 3.14. The summed E-state index contributed by atoms with van der Waals surface area (Å²) >= 11 is 0. The molecular weight excluding hydrogens is 254 g/mol. The van der Waals surface area contributed by atoms with E-state index in [2.05, 4.69) is 15.6 Å². The molecule has 0 saturated heterocycles. The van der Waals surface area contributed by atoms with E-state index in [4.69, 9.17) is 0 Å². The second kappa shape index (κ2) is 4.83. The molecule has 3 rings (SSSR count). The molecule has 0 spiro atoms. The molecule has 4 N–H and O–H groups in total. The molecule has 0 bridgehead atoms. The van der Waals surface area contributed by atoms with Gasteiger partial charge in [0.05, 0.1) is 5.60 Å². The summed E-state index contributed by atoms with van der Waals surface area (Å²) in [5.41, 5.74) is 2.19.